The van der Waals surface area contributed by atoms with Crippen molar-refractivity contribution in [2.75, 3.05) is 6.61 Å². The Labute approximate surface area is 201 Å². The summed E-state index contributed by atoms with van der Waals surface area (Å²) in [4.78, 5) is 6.02. The molecular formula is C24H34Cl2N2O2S. The zero-order valence-electron chi connectivity index (χ0n) is 19.0. The molecule has 4 nitrogen and oxygen atoms in total. The number of ether oxygens (including phenoxy) is 2. The normalized spacial score (nSPS) is 15.8. The van der Waals surface area contributed by atoms with E-state index in [0.29, 0.717) is 22.6 Å². The lowest BCUT2D eigenvalue weighted by Crippen LogP contribution is -2.33. The van der Waals surface area contributed by atoms with Crippen molar-refractivity contribution in [2.45, 2.75) is 101 Å². The average molecular weight is 486 g/mol. The molecule has 7 heteroatoms. The van der Waals surface area contributed by atoms with E-state index in [1.807, 2.05) is 12.1 Å². The predicted octanol–water partition coefficient (Wildman–Crippen LogP) is 8.09. The molecule has 1 fully saturated rings. The summed E-state index contributed by atoms with van der Waals surface area (Å²) in [5, 5.41) is 2.40. The van der Waals surface area contributed by atoms with Crippen LogP contribution in [0.4, 0.5) is 0 Å². The van der Waals surface area contributed by atoms with Gasteiger partial charge in [-0.2, -0.15) is 0 Å². The second-order valence-electron chi connectivity index (χ2n) is 8.43. The summed E-state index contributed by atoms with van der Waals surface area (Å²) in [6.45, 7) is 10.7. The molecule has 172 valence electrons. The van der Waals surface area contributed by atoms with E-state index in [1.165, 1.54) is 0 Å². The summed E-state index contributed by atoms with van der Waals surface area (Å²) < 4.78 is 14.9. The summed E-state index contributed by atoms with van der Waals surface area (Å²) in [5.41, 5.74) is 1.08. The van der Waals surface area contributed by atoms with Crippen LogP contribution in [0.5, 0.6) is 0 Å². The van der Waals surface area contributed by atoms with Crippen LogP contribution in [0, 0.1) is 0 Å². The highest BCUT2D eigenvalue weighted by Crippen LogP contribution is 2.39. The van der Waals surface area contributed by atoms with E-state index in [1.54, 1.807) is 17.8 Å². The number of nitrogens with zero attached hydrogens (tertiary/aromatic N) is 2. The molecule has 0 bridgehead atoms. The van der Waals surface area contributed by atoms with Crippen molar-refractivity contribution in [1.82, 2.24) is 9.55 Å². The summed E-state index contributed by atoms with van der Waals surface area (Å²) in [7, 11) is 0. The quantitative estimate of drug-likeness (QED) is 0.238. The second kappa shape index (κ2) is 11.4. The minimum Gasteiger partial charge on any atom is -0.350 e. The van der Waals surface area contributed by atoms with E-state index >= 15 is 0 Å². The second-order valence-corrected chi connectivity index (χ2v) is 10.4. The number of halogens is 2. The van der Waals surface area contributed by atoms with Crippen LogP contribution in [-0.4, -0.2) is 21.9 Å². The smallest absolute Gasteiger partial charge is 0.168 e. The predicted molar refractivity (Wildman–Crippen MR) is 129 cm³/mol. The molecule has 0 spiro atoms. The Hall–Kier alpha value is -0.720. The molecule has 1 aromatic carbocycles. The van der Waals surface area contributed by atoms with Crippen molar-refractivity contribution in [3.8, 4) is 0 Å². The molecule has 1 aromatic heterocycles. The molecule has 1 heterocycles. The number of hydrogen-bond donors (Lipinski definition) is 0. The van der Waals surface area contributed by atoms with Gasteiger partial charge in [-0.1, -0.05) is 62.2 Å². The van der Waals surface area contributed by atoms with E-state index in [9.17, 15) is 0 Å². The van der Waals surface area contributed by atoms with Crippen molar-refractivity contribution >= 4 is 35.0 Å². The Bertz CT molecular complexity index is 843. The topological polar surface area (TPSA) is 36.3 Å². The summed E-state index contributed by atoms with van der Waals surface area (Å²) in [5.74, 6) is 0.794. The first-order chi connectivity index (χ1) is 14.9. The third kappa shape index (κ3) is 6.42. The molecule has 31 heavy (non-hydrogen) atoms. The first kappa shape index (κ1) is 24.9. The Morgan fingerprint density at radius 1 is 1.10 bits per heavy atom. The van der Waals surface area contributed by atoms with Crippen LogP contribution in [0.2, 0.25) is 10.0 Å². The van der Waals surface area contributed by atoms with E-state index in [2.05, 4.69) is 32.3 Å². The minimum absolute atomic E-state index is 0.296. The van der Waals surface area contributed by atoms with Crippen LogP contribution in [0.15, 0.2) is 28.1 Å². The fraction of sp³-hybridized carbons (Fsp3) is 0.625. The highest BCUT2D eigenvalue weighted by Gasteiger charge is 2.36. The first-order valence-corrected chi connectivity index (χ1v) is 13.0. The molecule has 1 aliphatic carbocycles. The molecule has 0 aliphatic heterocycles. The lowest BCUT2D eigenvalue weighted by Gasteiger charge is -2.29. The van der Waals surface area contributed by atoms with Crippen LogP contribution < -0.4 is 0 Å². The van der Waals surface area contributed by atoms with E-state index < -0.39 is 5.79 Å². The molecular weight excluding hydrogens is 451 g/mol. The van der Waals surface area contributed by atoms with Crippen LogP contribution in [0.3, 0.4) is 0 Å². The molecule has 0 N–H and O–H groups in total. The molecule has 1 aliphatic rings. The lowest BCUT2D eigenvalue weighted by molar-refractivity contribution is -0.240. The van der Waals surface area contributed by atoms with Crippen molar-refractivity contribution in [3.05, 3.63) is 39.8 Å². The molecule has 3 rings (SSSR count). The monoisotopic (exact) mass is 484 g/mol. The maximum atomic E-state index is 6.45. The van der Waals surface area contributed by atoms with Gasteiger partial charge in [0.1, 0.15) is 17.5 Å². The number of rotatable bonds is 11. The van der Waals surface area contributed by atoms with Crippen molar-refractivity contribution in [1.29, 1.82) is 0 Å². The van der Waals surface area contributed by atoms with E-state index in [-0.39, 0.29) is 0 Å². The maximum Gasteiger partial charge on any atom is 0.168 e. The molecule has 0 unspecified atom stereocenters. The molecule has 0 amide bonds. The third-order valence-electron chi connectivity index (χ3n) is 5.63. The van der Waals surface area contributed by atoms with Crippen LogP contribution in [0.25, 0.3) is 0 Å². The molecule has 0 saturated heterocycles. The van der Waals surface area contributed by atoms with Crippen LogP contribution in [-0.2, 0) is 22.6 Å². The van der Waals surface area contributed by atoms with Crippen molar-refractivity contribution in [3.63, 3.8) is 0 Å². The highest BCUT2D eigenvalue weighted by molar-refractivity contribution is 7.99. The molecule has 0 atom stereocenters. The number of unbranched alkanes of at least 4 members (excludes halogenated alkanes) is 1. The fourth-order valence-electron chi connectivity index (χ4n) is 3.96. The van der Waals surface area contributed by atoms with Crippen molar-refractivity contribution < 1.29 is 9.47 Å². The zero-order valence-corrected chi connectivity index (χ0v) is 21.4. The van der Waals surface area contributed by atoms with Crippen LogP contribution >= 0.6 is 35.0 Å². The van der Waals surface area contributed by atoms with Gasteiger partial charge in [0.15, 0.2) is 5.79 Å². The van der Waals surface area contributed by atoms with Gasteiger partial charge in [-0.25, -0.2) is 4.98 Å². The van der Waals surface area contributed by atoms with Gasteiger partial charge >= 0.3 is 0 Å². The first-order valence-electron chi connectivity index (χ1n) is 11.4. The highest BCUT2D eigenvalue weighted by atomic mass is 35.5. The van der Waals surface area contributed by atoms with Gasteiger partial charge in [0.25, 0.3) is 0 Å². The summed E-state index contributed by atoms with van der Waals surface area (Å²) in [6.07, 6.45) is 6.42. The SMILES string of the molecule is CCCCOC1(OCc2nc(C(C)C)c(Sc3cc(Cl)cc(Cl)c3)n2CC)CCCC1. The fourth-order valence-corrected chi connectivity index (χ4v) is 5.95. The summed E-state index contributed by atoms with van der Waals surface area (Å²) >= 11 is 14.1. The Morgan fingerprint density at radius 2 is 1.77 bits per heavy atom. The molecule has 0 radical (unpaired) electrons. The molecule has 2 aromatic rings. The van der Waals surface area contributed by atoms with Gasteiger partial charge in [0, 0.05) is 34.3 Å². The van der Waals surface area contributed by atoms with Crippen molar-refractivity contribution in [2.24, 2.45) is 0 Å². The van der Waals surface area contributed by atoms with Gasteiger partial charge in [-0.15, -0.1) is 0 Å². The Balaban J connectivity index is 1.84. The van der Waals surface area contributed by atoms with E-state index in [4.69, 9.17) is 37.7 Å². The standard InChI is InChI=1S/C24H34Cl2N2O2S/c1-5-7-12-29-24(10-8-9-11-24)30-16-21-27-22(17(3)4)23(28(21)6-2)31-20-14-18(25)13-19(26)15-20/h13-15,17H,5-12,16H2,1-4H3. The summed E-state index contributed by atoms with van der Waals surface area (Å²) in [6, 6.07) is 5.65. The maximum absolute atomic E-state index is 6.45. The van der Waals surface area contributed by atoms with Gasteiger partial charge in [0.2, 0.25) is 0 Å². The number of imidazole rings is 1. The average Bonchev–Trinajstić information content (AvgIpc) is 3.31. The van der Waals surface area contributed by atoms with Gasteiger partial charge in [-0.3, -0.25) is 0 Å². The van der Waals surface area contributed by atoms with Gasteiger partial charge in [0.05, 0.1) is 12.3 Å². The van der Waals surface area contributed by atoms with E-state index in [0.717, 1.165) is 73.1 Å². The van der Waals surface area contributed by atoms with Crippen LogP contribution in [0.1, 0.15) is 83.7 Å². The largest absolute Gasteiger partial charge is 0.350 e. The lowest BCUT2D eigenvalue weighted by atomic mass is 10.1. The third-order valence-corrected chi connectivity index (χ3v) is 7.16. The Morgan fingerprint density at radius 3 is 2.35 bits per heavy atom. The number of hydrogen-bond acceptors (Lipinski definition) is 4. The van der Waals surface area contributed by atoms with Gasteiger partial charge in [-0.05, 0) is 50.3 Å². The number of benzene rings is 1. The zero-order chi connectivity index (χ0) is 22.4. The minimum atomic E-state index is -0.453. The molecule has 1 saturated carbocycles. The van der Waals surface area contributed by atoms with Gasteiger partial charge < -0.3 is 14.0 Å². The Kier molecular flexibility index (Phi) is 9.18. The number of aromatic nitrogens is 2.